The molecule has 0 bridgehead atoms. The predicted octanol–water partition coefficient (Wildman–Crippen LogP) is 2.02. The van der Waals surface area contributed by atoms with Gasteiger partial charge in [-0.2, -0.15) is 4.98 Å². The first-order valence-corrected chi connectivity index (χ1v) is 8.73. The molecule has 3 heterocycles. The average molecular weight is 350 g/mol. The lowest BCUT2D eigenvalue weighted by Crippen LogP contribution is -2.44. The van der Waals surface area contributed by atoms with Crippen LogP contribution in [0.1, 0.15) is 17.0 Å². The molecule has 0 aliphatic carbocycles. The zero-order valence-corrected chi connectivity index (χ0v) is 15.0. The van der Waals surface area contributed by atoms with E-state index in [9.17, 15) is 0 Å². The minimum absolute atomic E-state index is 0.470. The fraction of sp³-hybridized carbons (Fsp3) is 0.368. The molecule has 0 fully saturated rings. The monoisotopic (exact) mass is 350 g/mol. The van der Waals surface area contributed by atoms with E-state index in [-0.39, 0.29) is 0 Å². The van der Waals surface area contributed by atoms with Crippen molar-refractivity contribution in [1.29, 1.82) is 0 Å². The number of rotatable bonds is 5. The van der Waals surface area contributed by atoms with Crippen LogP contribution in [0.25, 0.3) is 11.5 Å². The molecule has 0 N–H and O–H groups in total. The molecule has 1 aliphatic heterocycles. The van der Waals surface area contributed by atoms with E-state index in [1.807, 2.05) is 0 Å². The van der Waals surface area contributed by atoms with Gasteiger partial charge in [0.2, 0.25) is 11.7 Å². The van der Waals surface area contributed by atoms with Crippen molar-refractivity contribution in [2.24, 2.45) is 0 Å². The Morgan fingerprint density at radius 3 is 2.88 bits per heavy atom. The van der Waals surface area contributed by atoms with Crippen molar-refractivity contribution in [1.82, 2.24) is 29.9 Å². The van der Waals surface area contributed by atoms with Gasteiger partial charge in [-0.15, -0.1) is 0 Å². The Bertz CT molecular complexity index is 865. The van der Waals surface area contributed by atoms with Crippen molar-refractivity contribution in [2.45, 2.75) is 25.6 Å². The number of aromatic nitrogens is 4. The molecule has 26 heavy (non-hydrogen) atoms. The minimum Gasteiger partial charge on any atom is -0.337 e. The Kier molecular flexibility index (Phi) is 4.73. The number of nitrogens with zero attached hydrogens (tertiary/aromatic N) is 6. The molecule has 134 valence electrons. The second-order valence-electron chi connectivity index (χ2n) is 6.84. The Hall–Kier alpha value is -2.64. The highest BCUT2D eigenvalue weighted by molar-refractivity contribution is 5.45. The molecule has 2 aromatic heterocycles. The summed E-state index contributed by atoms with van der Waals surface area (Å²) in [7, 11) is 4.27. The second-order valence-corrected chi connectivity index (χ2v) is 6.84. The van der Waals surface area contributed by atoms with E-state index in [2.05, 4.69) is 68.3 Å². The highest BCUT2D eigenvalue weighted by Crippen LogP contribution is 2.22. The fourth-order valence-corrected chi connectivity index (χ4v) is 3.42. The van der Waals surface area contributed by atoms with Crippen LogP contribution in [0.3, 0.4) is 0 Å². The van der Waals surface area contributed by atoms with Crippen molar-refractivity contribution < 1.29 is 4.52 Å². The van der Waals surface area contributed by atoms with Crippen LogP contribution in [0.2, 0.25) is 0 Å². The summed E-state index contributed by atoms with van der Waals surface area (Å²) < 4.78 is 5.38. The first-order valence-electron chi connectivity index (χ1n) is 8.73. The molecule has 0 radical (unpaired) electrons. The third kappa shape index (κ3) is 3.63. The van der Waals surface area contributed by atoms with Crippen molar-refractivity contribution in [3.8, 4) is 11.5 Å². The zero-order valence-electron chi connectivity index (χ0n) is 15.0. The lowest BCUT2D eigenvalue weighted by Gasteiger charge is -2.36. The molecule has 0 saturated carbocycles. The largest absolute Gasteiger partial charge is 0.337 e. The van der Waals surface area contributed by atoms with Crippen molar-refractivity contribution >= 4 is 0 Å². The Morgan fingerprint density at radius 2 is 2.08 bits per heavy atom. The molecule has 7 heteroatoms. The van der Waals surface area contributed by atoms with E-state index < -0.39 is 0 Å². The SMILES string of the molecule is CN(Cc1nc(-c2cnccn2)no1)CC1Cc2ccccc2CN1C. The first kappa shape index (κ1) is 16.8. The molecule has 1 aromatic carbocycles. The minimum atomic E-state index is 0.470. The number of hydrogen-bond donors (Lipinski definition) is 0. The fourth-order valence-electron chi connectivity index (χ4n) is 3.42. The quantitative estimate of drug-likeness (QED) is 0.697. The Balaban J connectivity index is 1.39. The Morgan fingerprint density at radius 1 is 1.23 bits per heavy atom. The molecule has 0 amide bonds. The summed E-state index contributed by atoms with van der Waals surface area (Å²) in [5.41, 5.74) is 3.50. The maximum atomic E-state index is 5.38. The summed E-state index contributed by atoms with van der Waals surface area (Å²) in [5, 5.41) is 4.01. The van der Waals surface area contributed by atoms with Crippen LogP contribution in [0.5, 0.6) is 0 Å². The van der Waals surface area contributed by atoms with Crippen molar-refractivity contribution in [3.05, 3.63) is 59.9 Å². The molecule has 0 saturated heterocycles. The summed E-state index contributed by atoms with van der Waals surface area (Å²) in [6.07, 6.45) is 5.93. The smallest absolute Gasteiger partial charge is 0.241 e. The van der Waals surface area contributed by atoms with Gasteiger partial charge in [-0.05, 0) is 31.6 Å². The molecule has 1 aliphatic rings. The standard InChI is InChI=1S/C19H22N6O/c1-24(12-16-9-14-5-3-4-6-15(14)11-25(16)2)13-18-22-19(23-26-18)17-10-20-7-8-21-17/h3-8,10,16H,9,11-13H2,1-2H3. The normalized spacial score (nSPS) is 17.4. The Labute approximate surface area is 152 Å². The van der Waals surface area contributed by atoms with Gasteiger partial charge in [0.15, 0.2) is 0 Å². The molecular weight excluding hydrogens is 328 g/mol. The lowest BCUT2D eigenvalue weighted by molar-refractivity contribution is 0.150. The lowest BCUT2D eigenvalue weighted by atomic mass is 9.94. The summed E-state index contributed by atoms with van der Waals surface area (Å²) >= 11 is 0. The number of fused-ring (bicyclic) bond motifs is 1. The van der Waals surface area contributed by atoms with Gasteiger partial charge in [-0.1, -0.05) is 29.4 Å². The topological polar surface area (TPSA) is 71.2 Å². The second kappa shape index (κ2) is 7.31. The van der Waals surface area contributed by atoms with Crippen LogP contribution in [0, 0.1) is 0 Å². The van der Waals surface area contributed by atoms with Crippen molar-refractivity contribution in [3.63, 3.8) is 0 Å². The summed E-state index contributed by atoms with van der Waals surface area (Å²) in [6.45, 7) is 2.54. The molecular formula is C19H22N6O. The van der Waals surface area contributed by atoms with Crippen LogP contribution in [-0.2, 0) is 19.5 Å². The van der Waals surface area contributed by atoms with E-state index in [1.165, 1.54) is 11.1 Å². The third-order valence-electron chi connectivity index (χ3n) is 4.80. The van der Waals surface area contributed by atoms with Gasteiger partial charge < -0.3 is 4.52 Å². The number of benzene rings is 1. The number of likely N-dealkylation sites (N-methyl/N-ethyl adjacent to an activating group) is 2. The van der Waals surface area contributed by atoms with E-state index in [1.54, 1.807) is 18.6 Å². The first-order chi connectivity index (χ1) is 12.7. The van der Waals surface area contributed by atoms with E-state index in [4.69, 9.17) is 4.52 Å². The van der Waals surface area contributed by atoms with Crippen molar-refractivity contribution in [2.75, 3.05) is 20.6 Å². The third-order valence-corrected chi connectivity index (χ3v) is 4.80. The van der Waals surface area contributed by atoms with Crippen LogP contribution in [0.4, 0.5) is 0 Å². The maximum Gasteiger partial charge on any atom is 0.241 e. The van der Waals surface area contributed by atoms with Gasteiger partial charge in [-0.25, -0.2) is 4.98 Å². The van der Waals surface area contributed by atoms with Gasteiger partial charge in [0.05, 0.1) is 12.7 Å². The predicted molar refractivity (Wildman–Crippen MR) is 97.1 cm³/mol. The molecule has 0 spiro atoms. The molecule has 4 rings (SSSR count). The highest BCUT2D eigenvalue weighted by Gasteiger charge is 2.24. The molecule has 1 atom stereocenters. The maximum absolute atomic E-state index is 5.38. The van der Waals surface area contributed by atoms with Gasteiger partial charge >= 0.3 is 0 Å². The van der Waals surface area contributed by atoms with Gasteiger partial charge in [0.1, 0.15) is 5.69 Å². The van der Waals surface area contributed by atoms with E-state index >= 15 is 0 Å². The van der Waals surface area contributed by atoms with Crippen LogP contribution in [-0.4, -0.2) is 56.6 Å². The van der Waals surface area contributed by atoms with Gasteiger partial charge in [0, 0.05) is 31.5 Å². The van der Waals surface area contributed by atoms with Crippen LogP contribution in [0.15, 0.2) is 47.4 Å². The van der Waals surface area contributed by atoms with Crippen LogP contribution < -0.4 is 0 Å². The molecule has 1 unspecified atom stereocenters. The molecule has 7 nitrogen and oxygen atoms in total. The summed E-state index contributed by atoms with van der Waals surface area (Å²) in [4.78, 5) is 17.3. The van der Waals surface area contributed by atoms with E-state index in [0.29, 0.717) is 30.0 Å². The van der Waals surface area contributed by atoms with Crippen LogP contribution >= 0.6 is 0 Å². The van der Waals surface area contributed by atoms with Gasteiger partial charge in [0.25, 0.3) is 0 Å². The molecule has 3 aromatic rings. The van der Waals surface area contributed by atoms with Gasteiger partial charge in [-0.3, -0.25) is 14.8 Å². The highest BCUT2D eigenvalue weighted by atomic mass is 16.5. The number of hydrogen-bond acceptors (Lipinski definition) is 7. The summed E-state index contributed by atoms with van der Waals surface area (Å²) in [5.74, 6) is 1.07. The zero-order chi connectivity index (χ0) is 17.9. The average Bonchev–Trinajstić information content (AvgIpc) is 3.11. The van der Waals surface area contributed by atoms with E-state index in [0.717, 1.165) is 19.5 Å². The summed E-state index contributed by atoms with van der Waals surface area (Å²) in [6, 6.07) is 9.16.